The second kappa shape index (κ2) is 7.54. The van der Waals surface area contributed by atoms with Crippen LogP contribution in [0.15, 0.2) is 18.5 Å². The van der Waals surface area contributed by atoms with Gasteiger partial charge in [0.15, 0.2) is 0 Å². The van der Waals surface area contributed by atoms with Crippen LogP contribution in [0.25, 0.3) is 10.8 Å². The molecule has 1 aliphatic heterocycles. The summed E-state index contributed by atoms with van der Waals surface area (Å²) in [5.41, 5.74) is -0.403. The van der Waals surface area contributed by atoms with Gasteiger partial charge in [0.05, 0.1) is 24.1 Å². The van der Waals surface area contributed by atoms with Gasteiger partial charge in [0.1, 0.15) is 11.3 Å². The van der Waals surface area contributed by atoms with E-state index in [0.29, 0.717) is 35.1 Å². The van der Waals surface area contributed by atoms with E-state index in [0.717, 1.165) is 5.39 Å². The number of carbonyl (C=O) groups is 1. The lowest BCUT2D eigenvalue weighted by Gasteiger charge is -2.38. The molecule has 3 rings (SSSR count). The smallest absolute Gasteiger partial charge is 0.223 e. The lowest BCUT2D eigenvalue weighted by Crippen LogP contribution is -2.55. The highest BCUT2D eigenvalue weighted by molar-refractivity contribution is 6.30. The van der Waals surface area contributed by atoms with Crippen LogP contribution in [0.5, 0.6) is 5.88 Å². The van der Waals surface area contributed by atoms with E-state index in [-0.39, 0.29) is 12.0 Å². The van der Waals surface area contributed by atoms with Crippen LogP contribution in [0.3, 0.4) is 0 Å². The maximum Gasteiger partial charge on any atom is 0.223 e. The summed E-state index contributed by atoms with van der Waals surface area (Å²) >= 11 is 5.99. The summed E-state index contributed by atoms with van der Waals surface area (Å²) in [5.74, 6) is 0.471. The van der Waals surface area contributed by atoms with Crippen molar-refractivity contribution in [3.63, 3.8) is 0 Å². The minimum absolute atomic E-state index is 0.0356. The molecule has 0 atom stereocenters. The molecule has 7 heteroatoms. The van der Waals surface area contributed by atoms with Gasteiger partial charge in [-0.15, -0.1) is 0 Å². The first-order chi connectivity index (χ1) is 11.8. The number of pyridine rings is 2. The van der Waals surface area contributed by atoms with Gasteiger partial charge >= 0.3 is 0 Å². The van der Waals surface area contributed by atoms with Crippen molar-refractivity contribution in [2.75, 3.05) is 13.1 Å². The molecule has 1 N–H and O–H groups in total. The molecule has 0 unspecified atom stereocenters. The van der Waals surface area contributed by atoms with Crippen LogP contribution in [0.4, 0.5) is 0 Å². The molecule has 0 spiro atoms. The van der Waals surface area contributed by atoms with Crippen LogP contribution >= 0.6 is 11.6 Å². The minimum Gasteiger partial charge on any atom is -0.470 e. The van der Waals surface area contributed by atoms with Crippen LogP contribution in [0.1, 0.15) is 40.2 Å². The average Bonchev–Trinajstić information content (AvgIpc) is 2.50. The summed E-state index contributed by atoms with van der Waals surface area (Å²) in [6.07, 6.45) is 3.10. The highest BCUT2D eigenvalue weighted by Gasteiger charge is 2.31. The van der Waals surface area contributed by atoms with Crippen LogP contribution in [0, 0.1) is 0 Å². The van der Waals surface area contributed by atoms with E-state index in [1.807, 2.05) is 13.8 Å². The minimum atomic E-state index is -1.06. The lowest BCUT2D eigenvalue weighted by atomic mass is 9.95. The van der Waals surface area contributed by atoms with Crippen molar-refractivity contribution in [1.82, 2.24) is 14.9 Å². The van der Waals surface area contributed by atoms with Crippen molar-refractivity contribution >= 4 is 28.3 Å². The molecule has 3 heterocycles. The third-order valence-electron chi connectivity index (χ3n) is 3.93. The molecular weight excluding hydrogens is 342 g/mol. The Balaban J connectivity index is 0.00000109. The summed E-state index contributed by atoms with van der Waals surface area (Å²) in [7, 11) is 0. The van der Waals surface area contributed by atoms with Crippen molar-refractivity contribution in [2.24, 2.45) is 0 Å². The Kier molecular flexibility index (Phi) is 5.85. The highest BCUT2D eigenvalue weighted by atomic mass is 35.5. The van der Waals surface area contributed by atoms with Crippen molar-refractivity contribution in [1.29, 1.82) is 0 Å². The fourth-order valence-electron chi connectivity index (χ4n) is 2.59. The van der Waals surface area contributed by atoms with Crippen LogP contribution < -0.4 is 4.74 Å². The number of hydrogen-bond donors (Lipinski definition) is 1. The van der Waals surface area contributed by atoms with Crippen LogP contribution in [0.2, 0.25) is 5.15 Å². The first-order valence-corrected chi connectivity index (χ1v) is 8.73. The number of nitrogens with zero attached hydrogens (tertiary/aromatic N) is 3. The predicted octanol–water partition coefficient (Wildman–Crippen LogP) is 3.15. The molecule has 0 saturated carbocycles. The number of rotatable bonds is 3. The number of halogens is 1. The van der Waals surface area contributed by atoms with Crippen LogP contribution in [-0.4, -0.2) is 45.1 Å². The molecule has 25 heavy (non-hydrogen) atoms. The zero-order valence-corrected chi connectivity index (χ0v) is 16.0. The quantitative estimate of drug-likeness (QED) is 0.845. The zero-order valence-electron chi connectivity index (χ0n) is 15.2. The number of aromatic nitrogens is 2. The summed E-state index contributed by atoms with van der Waals surface area (Å²) in [5, 5.41) is 12.1. The van der Waals surface area contributed by atoms with E-state index in [9.17, 15) is 9.90 Å². The van der Waals surface area contributed by atoms with Crippen molar-refractivity contribution in [3.05, 3.63) is 29.2 Å². The van der Waals surface area contributed by atoms with Crippen molar-refractivity contribution < 1.29 is 14.6 Å². The average molecular weight is 366 g/mol. The molecule has 1 saturated heterocycles. The number of aliphatic hydroxyl groups is 1. The first-order valence-electron chi connectivity index (χ1n) is 8.35. The van der Waals surface area contributed by atoms with Crippen molar-refractivity contribution in [3.8, 4) is 5.88 Å². The van der Waals surface area contributed by atoms with Gasteiger partial charge in [-0.25, -0.2) is 9.97 Å². The number of carbonyl (C=O) groups excluding carboxylic acids is 1. The number of amides is 1. The molecule has 0 bridgehead atoms. The third kappa shape index (κ3) is 4.19. The molecular formula is C18H24ClN3O3. The Hall–Kier alpha value is -1.92. The summed E-state index contributed by atoms with van der Waals surface area (Å²) < 4.78 is 5.88. The van der Waals surface area contributed by atoms with E-state index in [1.165, 1.54) is 6.92 Å². The molecule has 1 fully saturated rings. The van der Waals surface area contributed by atoms with Gasteiger partial charge in [-0.1, -0.05) is 25.4 Å². The second-order valence-electron chi connectivity index (χ2n) is 6.25. The molecule has 1 amide bonds. The van der Waals surface area contributed by atoms with E-state index in [1.54, 1.807) is 37.2 Å². The first kappa shape index (κ1) is 19.4. The van der Waals surface area contributed by atoms with Gasteiger partial charge in [0, 0.05) is 24.9 Å². The van der Waals surface area contributed by atoms with Gasteiger partial charge in [-0.05, 0) is 25.3 Å². The van der Waals surface area contributed by atoms with Gasteiger partial charge in [-0.3, -0.25) is 4.79 Å². The maximum absolute atomic E-state index is 11.2. The predicted molar refractivity (Wildman–Crippen MR) is 97.8 cm³/mol. The van der Waals surface area contributed by atoms with Gasteiger partial charge in [0.25, 0.3) is 0 Å². The maximum atomic E-state index is 11.2. The van der Waals surface area contributed by atoms with Crippen LogP contribution in [-0.2, 0) is 10.4 Å². The highest BCUT2D eigenvalue weighted by Crippen LogP contribution is 2.34. The van der Waals surface area contributed by atoms with E-state index in [2.05, 4.69) is 9.97 Å². The SMILES string of the molecule is CC.CC(=O)N1CC(Oc2ncc(C(C)(C)O)c3cc(Cl)ncc23)C1. The molecule has 0 aromatic carbocycles. The van der Waals surface area contributed by atoms with Gasteiger partial charge < -0.3 is 14.7 Å². The van der Waals surface area contributed by atoms with Crippen molar-refractivity contribution in [2.45, 2.75) is 46.3 Å². The largest absolute Gasteiger partial charge is 0.470 e. The Bertz CT molecular complexity index is 768. The molecule has 0 aliphatic carbocycles. The molecule has 2 aromatic rings. The zero-order chi connectivity index (χ0) is 18.8. The number of ether oxygens (including phenoxy) is 1. The molecule has 6 nitrogen and oxygen atoms in total. The molecule has 136 valence electrons. The molecule has 0 radical (unpaired) electrons. The fraction of sp³-hybridized carbons (Fsp3) is 0.500. The van der Waals surface area contributed by atoms with E-state index in [4.69, 9.17) is 16.3 Å². The number of likely N-dealkylation sites (tertiary alicyclic amines) is 1. The number of hydrogen-bond acceptors (Lipinski definition) is 5. The van der Waals surface area contributed by atoms with Gasteiger partial charge in [-0.2, -0.15) is 0 Å². The summed E-state index contributed by atoms with van der Waals surface area (Å²) in [6.45, 7) is 10.0. The molecule has 2 aromatic heterocycles. The lowest BCUT2D eigenvalue weighted by molar-refractivity contribution is -0.137. The molecule has 1 aliphatic rings. The van der Waals surface area contributed by atoms with E-state index >= 15 is 0 Å². The summed E-state index contributed by atoms with van der Waals surface area (Å²) in [4.78, 5) is 21.3. The van der Waals surface area contributed by atoms with E-state index < -0.39 is 5.60 Å². The Morgan fingerprint density at radius 1 is 1.28 bits per heavy atom. The van der Waals surface area contributed by atoms with Gasteiger partial charge in [0.2, 0.25) is 11.8 Å². The fourth-order valence-corrected chi connectivity index (χ4v) is 2.75. The monoisotopic (exact) mass is 365 g/mol. The normalized spacial score (nSPS) is 14.6. The number of fused-ring (bicyclic) bond motifs is 1. The third-order valence-corrected chi connectivity index (χ3v) is 4.14. The Morgan fingerprint density at radius 2 is 1.92 bits per heavy atom. The topological polar surface area (TPSA) is 75.6 Å². The second-order valence-corrected chi connectivity index (χ2v) is 6.64. The Morgan fingerprint density at radius 3 is 2.48 bits per heavy atom. The Labute approximate surface area is 152 Å². The summed E-state index contributed by atoms with van der Waals surface area (Å²) in [6, 6.07) is 1.70. The standard InChI is InChI=1S/C16H18ClN3O3.C2H6/c1-9(21)20-7-10(8-20)23-15-12-5-18-14(17)4-11(12)13(6-19-15)16(2,3)22;1-2/h4-6,10,22H,7-8H2,1-3H3;1-2H3.